The Morgan fingerprint density at radius 3 is 2.05 bits per heavy atom. The second kappa shape index (κ2) is 8.43. The molecule has 0 fully saturated rings. The summed E-state index contributed by atoms with van der Waals surface area (Å²) in [5, 5.41) is 3.51. The highest BCUT2D eigenvalue weighted by Gasteiger charge is 2.09. The third-order valence-electron chi connectivity index (χ3n) is 3.90. The standard InChI is InChI=1S/C18H32N2/c1-7-20(15(4)5)13-17-8-10-18(11-9-17)16(6)12-19-14(2)3/h8-11,14-16,19H,7,12-13H2,1-6H3. The summed E-state index contributed by atoms with van der Waals surface area (Å²) >= 11 is 0. The molecule has 0 aliphatic rings. The van der Waals surface area contributed by atoms with Gasteiger partial charge in [-0.1, -0.05) is 52.0 Å². The minimum absolute atomic E-state index is 0.556. The summed E-state index contributed by atoms with van der Waals surface area (Å²) in [5.41, 5.74) is 2.84. The molecular weight excluding hydrogens is 244 g/mol. The van der Waals surface area contributed by atoms with E-state index >= 15 is 0 Å². The molecule has 0 saturated carbocycles. The Balaban J connectivity index is 2.59. The summed E-state index contributed by atoms with van der Waals surface area (Å²) in [4.78, 5) is 2.48. The molecule has 2 nitrogen and oxygen atoms in total. The third-order valence-corrected chi connectivity index (χ3v) is 3.90. The molecule has 114 valence electrons. The van der Waals surface area contributed by atoms with Crippen LogP contribution < -0.4 is 5.32 Å². The van der Waals surface area contributed by atoms with E-state index in [1.807, 2.05) is 0 Å². The quantitative estimate of drug-likeness (QED) is 0.771. The Kier molecular flexibility index (Phi) is 7.25. The molecule has 0 saturated heterocycles. The number of nitrogens with zero attached hydrogens (tertiary/aromatic N) is 1. The SMILES string of the molecule is CCN(Cc1ccc(C(C)CNC(C)C)cc1)C(C)C. The molecule has 0 amide bonds. The molecule has 1 unspecified atom stereocenters. The molecule has 0 heterocycles. The molecule has 0 aliphatic heterocycles. The Labute approximate surface area is 125 Å². The highest BCUT2D eigenvalue weighted by molar-refractivity contribution is 5.25. The van der Waals surface area contributed by atoms with Crippen molar-refractivity contribution in [3.05, 3.63) is 35.4 Å². The summed E-state index contributed by atoms with van der Waals surface area (Å²) in [7, 11) is 0. The molecule has 0 radical (unpaired) electrons. The lowest BCUT2D eigenvalue weighted by molar-refractivity contribution is 0.225. The van der Waals surface area contributed by atoms with Crippen molar-refractivity contribution in [1.29, 1.82) is 0 Å². The van der Waals surface area contributed by atoms with Crippen LogP contribution in [0, 0.1) is 0 Å². The summed E-state index contributed by atoms with van der Waals surface area (Å²) in [6.07, 6.45) is 0. The van der Waals surface area contributed by atoms with Gasteiger partial charge in [0.25, 0.3) is 0 Å². The average molecular weight is 276 g/mol. The first-order chi connectivity index (χ1) is 9.43. The number of rotatable bonds is 8. The monoisotopic (exact) mass is 276 g/mol. The Hall–Kier alpha value is -0.860. The summed E-state index contributed by atoms with van der Waals surface area (Å²) < 4.78 is 0. The fourth-order valence-corrected chi connectivity index (χ4v) is 2.38. The predicted octanol–water partition coefficient (Wildman–Crippen LogP) is 4.02. The van der Waals surface area contributed by atoms with Crippen LogP contribution in [0.25, 0.3) is 0 Å². The van der Waals surface area contributed by atoms with Gasteiger partial charge in [-0.05, 0) is 37.4 Å². The van der Waals surface area contributed by atoms with Gasteiger partial charge in [-0.25, -0.2) is 0 Å². The van der Waals surface area contributed by atoms with Crippen LogP contribution in [0.5, 0.6) is 0 Å². The van der Waals surface area contributed by atoms with Gasteiger partial charge in [0.05, 0.1) is 0 Å². The molecule has 1 N–H and O–H groups in total. The van der Waals surface area contributed by atoms with Crippen molar-refractivity contribution in [2.24, 2.45) is 0 Å². The van der Waals surface area contributed by atoms with E-state index in [2.05, 4.69) is 76.0 Å². The van der Waals surface area contributed by atoms with Crippen molar-refractivity contribution in [1.82, 2.24) is 10.2 Å². The number of benzene rings is 1. The summed E-state index contributed by atoms with van der Waals surface area (Å²) in [6.45, 7) is 16.6. The Morgan fingerprint density at radius 1 is 1.00 bits per heavy atom. The van der Waals surface area contributed by atoms with Crippen molar-refractivity contribution in [3.63, 3.8) is 0 Å². The maximum Gasteiger partial charge on any atom is 0.0236 e. The van der Waals surface area contributed by atoms with Gasteiger partial charge in [0.2, 0.25) is 0 Å². The van der Waals surface area contributed by atoms with Crippen LogP contribution in [0.4, 0.5) is 0 Å². The van der Waals surface area contributed by atoms with E-state index in [1.165, 1.54) is 11.1 Å². The van der Waals surface area contributed by atoms with Gasteiger partial charge in [-0.3, -0.25) is 4.90 Å². The van der Waals surface area contributed by atoms with Gasteiger partial charge in [-0.15, -0.1) is 0 Å². The molecule has 1 aromatic carbocycles. The van der Waals surface area contributed by atoms with Crippen molar-refractivity contribution in [2.45, 2.75) is 66.1 Å². The Bertz CT molecular complexity index is 368. The van der Waals surface area contributed by atoms with Crippen molar-refractivity contribution in [2.75, 3.05) is 13.1 Å². The van der Waals surface area contributed by atoms with Gasteiger partial charge < -0.3 is 5.32 Å². The molecular formula is C18H32N2. The normalized spacial score (nSPS) is 13.4. The predicted molar refractivity (Wildman–Crippen MR) is 89.2 cm³/mol. The molecule has 1 aromatic rings. The van der Waals surface area contributed by atoms with Crippen LogP contribution in [-0.2, 0) is 6.54 Å². The highest BCUT2D eigenvalue weighted by Crippen LogP contribution is 2.16. The van der Waals surface area contributed by atoms with Crippen LogP contribution in [0.3, 0.4) is 0 Å². The lowest BCUT2D eigenvalue weighted by Gasteiger charge is -2.25. The largest absolute Gasteiger partial charge is 0.314 e. The van der Waals surface area contributed by atoms with Gasteiger partial charge in [-0.2, -0.15) is 0 Å². The first-order valence-electron chi connectivity index (χ1n) is 8.00. The van der Waals surface area contributed by atoms with Gasteiger partial charge >= 0.3 is 0 Å². The van der Waals surface area contributed by atoms with Crippen molar-refractivity contribution >= 4 is 0 Å². The zero-order chi connectivity index (χ0) is 15.1. The van der Waals surface area contributed by atoms with Gasteiger partial charge in [0, 0.05) is 25.2 Å². The molecule has 2 heteroatoms. The lowest BCUT2D eigenvalue weighted by Crippen LogP contribution is -2.30. The minimum Gasteiger partial charge on any atom is -0.314 e. The van der Waals surface area contributed by atoms with E-state index < -0.39 is 0 Å². The van der Waals surface area contributed by atoms with E-state index in [0.29, 0.717) is 18.0 Å². The molecule has 0 spiro atoms. The second-order valence-corrected chi connectivity index (χ2v) is 6.36. The van der Waals surface area contributed by atoms with Crippen LogP contribution in [0.1, 0.15) is 58.6 Å². The number of nitrogens with one attached hydrogen (secondary N) is 1. The summed E-state index contributed by atoms with van der Waals surface area (Å²) in [5.74, 6) is 0.568. The first kappa shape index (κ1) is 17.2. The molecule has 0 aliphatic carbocycles. The van der Waals surface area contributed by atoms with E-state index in [-0.39, 0.29) is 0 Å². The van der Waals surface area contributed by atoms with Crippen molar-refractivity contribution in [3.8, 4) is 0 Å². The van der Waals surface area contributed by atoms with Gasteiger partial charge in [0.15, 0.2) is 0 Å². The van der Waals surface area contributed by atoms with Crippen LogP contribution in [-0.4, -0.2) is 30.1 Å². The number of hydrogen-bond donors (Lipinski definition) is 1. The van der Waals surface area contributed by atoms with Crippen LogP contribution in [0.2, 0.25) is 0 Å². The summed E-state index contributed by atoms with van der Waals surface area (Å²) in [6, 6.07) is 10.3. The van der Waals surface area contributed by atoms with E-state index in [9.17, 15) is 0 Å². The number of hydrogen-bond acceptors (Lipinski definition) is 2. The van der Waals surface area contributed by atoms with Crippen LogP contribution in [0.15, 0.2) is 24.3 Å². The molecule has 1 atom stereocenters. The third kappa shape index (κ3) is 5.64. The van der Waals surface area contributed by atoms with Gasteiger partial charge in [0.1, 0.15) is 0 Å². The minimum atomic E-state index is 0.556. The maximum absolute atomic E-state index is 3.51. The molecule has 0 aromatic heterocycles. The smallest absolute Gasteiger partial charge is 0.0236 e. The lowest BCUT2D eigenvalue weighted by atomic mass is 9.99. The molecule has 0 bridgehead atoms. The molecule has 20 heavy (non-hydrogen) atoms. The zero-order valence-electron chi connectivity index (χ0n) is 14.1. The van der Waals surface area contributed by atoms with E-state index in [1.54, 1.807) is 0 Å². The van der Waals surface area contributed by atoms with Crippen LogP contribution >= 0.6 is 0 Å². The highest BCUT2D eigenvalue weighted by atomic mass is 15.1. The molecule has 1 rings (SSSR count). The van der Waals surface area contributed by atoms with E-state index in [0.717, 1.165) is 19.6 Å². The van der Waals surface area contributed by atoms with Crippen molar-refractivity contribution < 1.29 is 0 Å². The fourth-order valence-electron chi connectivity index (χ4n) is 2.38. The maximum atomic E-state index is 3.51. The Morgan fingerprint density at radius 2 is 1.60 bits per heavy atom. The topological polar surface area (TPSA) is 15.3 Å². The average Bonchev–Trinajstić information content (AvgIpc) is 2.42. The van der Waals surface area contributed by atoms with E-state index in [4.69, 9.17) is 0 Å². The fraction of sp³-hybridized carbons (Fsp3) is 0.667. The zero-order valence-corrected chi connectivity index (χ0v) is 14.1. The second-order valence-electron chi connectivity index (χ2n) is 6.36. The first-order valence-corrected chi connectivity index (χ1v) is 8.00.